The van der Waals surface area contributed by atoms with Crippen molar-refractivity contribution >= 4 is 34.9 Å². The Labute approximate surface area is 116 Å². The third-order valence-corrected chi connectivity index (χ3v) is 5.96. The summed E-state index contributed by atoms with van der Waals surface area (Å²) in [5.74, 6) is 1.10. The molecule has 0 bridgehead atoms. The molecule has 1 N–H and O–H groups in total. The zero-order valence-electron chi connectivity index (χ0n) is 10.1. The standard InChI is InChI=1S/C11H19N3S3/c1-15-10-13-14-11(17-10)16-8-7-12-9-5-3-2-4-6-9/h9,12H,2-8H2,1H3. The Balaban J connectivity index is 1.59. The van der Waals surface area contributed by atoms with E-state index in [-0.39, 0.29) is 0 Å². The Kier molecular flexibility index (Phi) is 6.11. The molecule has 1 aliphatic rings. The van der Waals surface area contributed by atoms with Gasteiger partial charge in [0.15, 0.2) is 8.68 Å². The van der Waals surface area contributed by atoms with Gasteiger partial charge in [-0.1, -0.05) is 54.1 Å². The second-order valence-electron chi connectivity index (χ2n) is 4.18. The third kappa shape index (κ3) is 4.77. The lowest BCUT2D eigenvalue weighted by Gasteiger charge is -2.22. The first-order valence-corrected chi connectivity index (χ1v) is 9.15. The minimum Gasteiger partial charge on any atom is -0.313 e. The molecule has 6 heteroatoms. The number of hydrogen-bond acceptors (Lipinski definition) is 6. The first kappa shape index (κ1) is 13.6. The van der Waals surface area contributed by atoms with Crippen LogP contribution in [-0.4, -0.2) is 34.8 Å². The Morgan fingerprint density at radius 2 is 2.00 bits per heavy atom. The Hall–Kier alpha value is 0.220. The zero-order valence-corrected chi connectivity index (χ0v) is 12.6. The van der Waals surface area contributed by atoms with E-state index in [4.69, 9.17) is 0 Å². The predicted molar refractivity (Wildman–Crippen MR) is 77.3 cm³/mol. The van der Waals surface area contributed by atoms with Crippen molar-refractivity contribution in [2.45, 2.75) is 46.8 Å². The molecule has 1 saturated carbocycles. The van der Waals surface area contributed by atoms with Crippen molar-refractivity contribution in [3.63, 3.8) is 0 Å². The van der Waals surface area contributed by atoms with Crippen LogP contribution >= 0.6 is 34.9 Å². The zero-order chi connectivity index (χ0) is 11.9. The summed E-state index contributed by atoms with van der Waals surface area (Å²) < 4.78 is 2.16. The van der Waals surface area contributed by atoms with E-state index < -0.39 is 0 Å². The average molecular weight is 289 g/mol. The molecule has 1 fully saturated rings. The van der Waals surface area contributed by atoms with Gasteiger partial charge in [-0.3, -0.25) is 0 Å². The number of rotatable bonds is 6. The fourth-order valence-electron chi connectivity index (χ4n) is 2.05. The fourth-order valence-corrected chi connectivity index (χ4v) is 4.43. The highest BCUT2D eigenvalue weighted by molar-refractivity contribution is 8.02. The van der Waals surface area contributed by atoms with Gasteiger partial charge in [-0.2, -0.15) is 0 Å². The summed E-state index contributed by atoms with van der Waals surface area (Å²) in [7, 11) is 0. The second kappa shape index (κ2) is 7.61. The molecule has 1 aromatic heterocycles. The minimum atomic E-state index is 0.764. The minimum absolute atomic E-state index is 0.764. The molecule has 0 spiro atoms. The number of hydrogen-bond donors (Lipinski definition) is 1. The van der Waals surface area contributed by atoms with Crippen molar-refractivity contribution in [1.82, 2.24) is 15.5 Å². The molecule has 0 atom stereocenters. The van der Waals surface area contributed by atoms with Crippen LogP contribution in [0, 0.1) is 0 Å². The largest absolute Gasteiger partial charge is 0.313 e. The van der Waals surface area contributed by atoms with Gasteiger partial charge in [0.25, 0.3) is 0 Å². The summed E-state index contributed by atoms with van der Waals surface area (Å²) in [5.41, 5.74) is 0. The van der Waals surface area contributed by atoms with Crippen LogP contribution < -0.4 is 5.32 Å². The first-order chi connectivity index (χ1) is 8.38. The highest BCUT2D eigenvalue weighted by Gasteiger charge is 2.12. The molecule has 0 unspecified atom stereocenters. The Morgan fingerprint density at radius 1 is 1.24 bits per heavy atom. The third-order valence-electron chi connectivity index (χ3n) is 2.93. The molecular weight excluding hydrogens is 270 g/mol. The molecular formula is C11H19N3S3. The predicted octanol–water partition coefficient (Wildman–Crippen LogP) is 3.27. The second-order valence-corrected chi connectivity index (χ2v) is 7.55. The Bertz CT molecular complexity index is 324. The van der Waals surface area contributed by atoms with Crippen LogP contribution in [0.25, 0.3) is 0 Å². The van der Waals surface area contributed by atoms with E-state index in [0.29, 0.717) is 0 Å². The van der Waals surface area contributed by atoms with E-state index in [1.165, 1.54) is 32.1 Å². The summed E-state index contributed by atoms with van der Waals surface area (Å²) >= 11 is 5.18. The van der Waals surface area contributed by atoms with Gasteiger partial charge in [-0.05, 0) is 19.1 Å². The Morgan fingerprint density at radius 3 is 2.71 bits per heavy atom. The molecule has 0 amide bonds. The number of thioether (sulfide) groups is 2. The fraction of sp³-hybridized carbons (Fsp3) is 0.818. The van der Waals surface area contributed by atoms with Crippen LogP contribution in [-0.2, 0) is 0 Å². The van der Waals surface area contributed by atoms with E-state index in [2.05, 4.69) is 15.5 Å². The number of nitrogens with one attached hydrogen (secondary N) is 1. The van der Waals surface area contributed by atoms with Crippen LogP contribution in [0.1, 0.15) is 32.1 Å². The van der Waals surface area contributed by atoms with E-state index in [0.717, 1.165) is 27.0 Å². The summed E-state index contributed by atoms with van der Waals surface area (Å²) in [6, 6.07) is 0.764. The molecule has 0 saturated heterocycles. The monoisotopic (exact) mass is 289 g/mol. The SMILES string of the molecule is CSc1nnc(SCCNC2CCCCC2)s1. The lowest BCUT2D eigenvalue weighted by atomic mass is 9.96. The molecule has 17 heavy (non-hydrogen) atoms. The lowest BCUT2D eigenvalue weighted by Crippen LogP contribution is -2.32. The van der Waals surface area contributed by atoms with Gasteiger partial charge >= 0.3 is 0 Å². The molecule has 0 radical (unpaired) electrons. The van der Waals surface area contributed by atoms with Crippen LogP contribution in [0.2, 0.25) is 0 Å². The maximum absolute atomic E-state index is 4.15. The van der Waals surface area contributed by atoms with E-state index in [1.807, 2.05) is 18.0 Å². The summed E-state index contributed by atoms with van der Waals surface area (Å²) in [5, 5.41) is 11.9. The number of aromatic nitrogens is 2. The van der Waals surface area contributed by atoms with Crippen molar-refractivity contribution in [3.8, 4) is 0 Å². The van der Waals surface area contributed by atoms with Crippen molar-refractivity contribution in [3.05, 3.63) is 0 Å². The first-order valence-electron chi connectivity index (χ1n) is 6.12. The summed E-state index contributed by atoms with van der Waals surface area (Å²) in [6.45, 7) is 1.09. The maximum atomic E-state index is 4.15. The van der Waals surface area contributed by atoms with Gasteiger partial charge < -0.3 is 5.32 Å². The van der Waals surface area contributed by atoms with Gasteiger partial charge in [-0.15, -0.1) is 10.2 Å². The quantitative estimate of drug-likeness (QED) is 0.642. The molecule has 0 aliphatic heterocycles. The van der Waals surface area contributed by atoms with Crippen molar-refractivity contribution in [2.24, 2.45) is 0 Å². The van der Waals surface area contributed by atoms with Crippen LogP contribution in [0.3, 0.4) is 0 Å². The summed E-state index contributed by atoms with van der Waals surface area (Å²) in [6.07, 6.45) is 8.99. The molecule has 2 rings (SSSR count). The van der Waals surface area contributed by atoms with Crippen LogP contribution in [0.5, 0.6) is 0 Å². The molecule has 1 aliphatic carbocycles. The number of nitrogens with zero attached hydrogens (tertiary/aromatic N) is 2. The maximum Gasteiger partial charge on any atom is 0.175 e. The highest BCUT2D eigenvalue weighted by Crippen LogP contribution is 2.27. The lowest BCUT2D eigenvalue weighted by molar-refractivity contribution is 0.381. The smallest absolute Gasteiger partial charge is 0.175 e. The average Bonchev–Trinajstić information content (AvgIpc) is 2.84. The van der Waals surface area contributed by atoms with Crippen molar-refractivity contribution in [1.29, 1.82) is 0 Å². The highest BCUT2D eigenvalue weighted by atomic mass is 32.2. The van der Waals surface area contributed by atoms with Crippen LogP contribution in [0.4, 0.5) is 0 Å². The van der Waals surface area contributed by atoms with Crippen molar-refractivity contribution in [2.75, 3.05) is 18.6 Å². The topological polar surface area (TPSA) is 37.8 Å². The molecule has 0 aromatic carbocycles. The normalized spacial score (nSPS) is 17.5. The van der Waals surface area contributed by atoms with Gasteiger partial charge in [0, 0.05) is 18.3 Å². The van der Waals surface area contributed by atoms with Gasteiger partial charge in [0.05, 0.1) is 0 Å². The van der Waals surface area contributed by atoms with Crippen molar-refractivity contribution < 1.29 is 0 Å². The molecule has 3 nitrogen and oxygen atoms in total. The van der Waals surface area contributed by atoms with Gasteiger partial charge in [-0.25, -0.2) is 0 Å². The van der Waals surface area contributed by atoms with Gasteiger partial charge in [0.2, 0.25) is 0 Å². The van der Waals surface area contributed by atoms with Gasteiger partial charge in [0.1, 0.15) is 0 Å². The van der Waals surface area contributed by atoms with Crippen LogP contribution in [0.15, 0.2) is 8.68 Å². The molecule has 1 heterocycles. The van der Waals surface area contributed by atoms with E-state index >= 15 is 0 Å². The molecule has 1 aromatic rings. The van der Waals surface area contributed by atoms with E-state index in [9.17, 15) is 0 Å². The summed E-state index contributed by atoms with van der Waals surface area (Å²) in [4.78, 5) is 0. The van der Waals surface area contributed by atoms with E-state index in [1.54, 1.807) is 23.1 Å². The molecule has 96 valence electrons.